The molecule has 1 aliphatic rings. The second kappa shape index (κ2) is 4.69. The van der Waals surface area contributed by atoms with E-state index in [0.717, 1.165) is 0 Å². The summed E-state index contributed by atoms with van der Waals surface area (Å²) in [6.07, 6.45) is 0. The second-order valence-electron chi connectivity index (χ2n) is 6.07. The molecule has 0 saturated carbocycles. The Labute approximate surface area is 126 Å². The van der Waals surface area contributed by atoms with Gasteiger partial charge in [0, 0.05) is 14.2 Å². The molecule has 0 aliphatic heterocycles. The van der Waals surface area contributed by atoms with Gasteiger partial charge in [-0.05, 0) is 43.0 Å². The van der Waals surface area contributed by atoms with Crippen LogP contribution in [0.2, 0.25) is 0 Å². The Bertz CT molecular complexity index is 692. The molecule has 0 bridgehead atoms. The van der Waals surface area contributed by atoms with Gasteiger partial charge >= 0.3 is 0 Å². The fourth-order valence-electron chi connectivity index (χ4n) is 3.51. The number of benzene rings is 2. The Morgan fingerprint density at radius 3 is 1.71 bits per heavy atom. The van der Waals surface area contributed by atoms with Gasteiger partial charge in [0.15, 0.2) is 0 Å². The Morgan fingerprint density at radius 1 is 0.714 bits per heavy atom. The van der Waals surface area contributed by atoms with Crippen LogP contribution in [0.3, 0.4) is 0 Å². The first-order valence-corrected chi connectivity index (χ1v) is 7.29. The molecule has 0 aromatic heterocycles. The van der Waals surface area contributed by atoms with Crippen LogP contribution in [0.15, 0.2) is 42.5 Å². The zero-order chi connectivity index (χ0) is 15.3. The summed E-state index contributed by atoms with van der Waals surface area (Å²) in [6.45, 7) is 6.38. The van der Waals surface area contributed by atoms with Gasteiger partial charge in [-0.2, -0.15) is 0 Å². The molecule has 0 saturated heterocycles. The minimum absolute atomic E-state index is 0.447. The highest BCUT2D eigenvalue weighted by Crippen LogP contribution is 2.50. The fraction of sp³-hybridized carbons (Fsp3) is 0.368. The monoisotopic (exact) mass is 282 g/mol. The van der Waals surface area contributed by atoms with Crippen molar-refractivity contribution in [3.05, 3.63) is 70.3 Å². The zero-order valence-electron chi connectivity index (χ0n) is 13.4. The lowest BCUT2D eigenvalue weighted by Crippen LogP contribution is -2.41. The minimum atomic E-state index is -0.448. The van der Waals surface area contributed by atoms with Gasteiger partial charge in [0.1, 0.15) is 11.2 Å². The molecule has 2 atom stereocenters. The van der Waals surface area contributed by atoms with E-state index in [1.807, 2.05) is 0 Å². The van der Waals surface area contributed by atoms with E-state index in [0.29, 0.717) is 0 Å². The number of rotatable bonds is 2. The maximum Gasteiger partial charge on any atom is 0.116 e. The molecule has 0 spiro atoms. The van der Waals surface area contributed by atoms with Crippen molar-refractivity contribution in [1.29, 1.82) is 0 Å². The van der Waals surface area contributed by atoms with E-state index in [1.54, 1.807) is 14.2 Å². The number of hydrogen-bond acceptors (Lipinski definition) is 2. The van der Waals surface area contributed by atoms with Crippen LogP contribution in [0.4, 0.5) is 0 Å². The summed E-state index contributed by atoms with van der Waals surface area (Å²) in [7, 11) is 3.55. The van der Waals surface area contributed by atoms with Crippen molar-refractivity contribution >= 4 is 0 Å². The fourth-order valence-corrected chi connectivity index (χ4v) is 3.51. The Kier molecular flexibility index (Phi) is 3.19. The predicted octanol–water partition coefficient (Wildman–Crippen LogP) is 4.13. The third-order valence-corrected chi connectivity index (χ3v) is 4.97. The van der Waals surface area contributed by atoms with Gasteiger partial charge in [0.2, 0.25) is 0 Å². The first kappa shape index (κ1) is 14.3. The van der Waals surface area contributed by atoms with Crippen LogP contribution >= 0.6 is 0 Å². The topological polar surface area (TPSA) is 18.5 Å². The lowest BCUT2D eigenvalue weighted by atomic mass is 9.68. The predicted molar refractivity (Wildman–Crippen MR) is 84.5 cm³/mol. The summed E-state index contributed by atoms with van der Waals surface area (Å²) in [5, 5.41) is 0. The lowest BCUT2D eigenvalue weighted by Gasteiger charge is -2.45. The lowest BCUT2D eigenvalue weighted by molar-refractivity contribution is -0.00364. The van der Waals surface area contributed by atoms with Gasteiger partial charge < -0.3 is 9.47 Å². The first-order chi connectivity index (χ1) is 9.97. The van der Waals surface area contributed by atoms with E-state index in [-0.39, 0.29) is 0 Å². The summed E-state index contributed by atoms with van der Waals surface area (Å²) in [6, 6.07) is 14.9. The number of ether oxygens (including phenoxy) is 2. The molecule has 0 fully saturated rings. The summed E-state index contributed by atoms with van der Waals surface area (Å²) < 4.78 is 11.9. The molecule has 2 nitrogen and oxygen atoms in total. The molecule has 0 radical (unpaired) electrons. The normalized spacial score (nSPS) is 27.1. The maximum absolute atomic E-state index is 5.97. The average molecular weight is 282 g/mol. The molecular formula is C19H22O2. The van der Waals surface area contributed by atoms with E-state index in [9.17, 15) is 0 Å². The van der Waals surface area contributed by atoms with Crippen LogP contribution in [0.25, 0.3) is 0 Å². The van der Waals surface area contributed by atoms with Crippen molar-refractivity contribution in [1.82, 2.24) is 0 Å². The van der Waals surface area contributed by atoms with Crippen LogP contribution in [-0.2, 0) is 20.7 Å². The van der Waals surface area contributed by atoms with Crippen molar-refractivity contribution in [2.24, 2.45) is 0 Å². The summed E-state index contributed by atoms with van der Waals surface area (Å²) in [5.74, 6) is 0. The number of fused-ring (bicyclic) bond motifs is 2. The smallest absolute Gasteiger partial charge is 0.116 e. The van der Waals surface area contributed by atoms with E-state index >= 15 is 0 Å². The molecule has 21 heavy (non-hydrogen) atoms. The molecular weight excluding hydrogens is 260 g/mol. The minimum Gasteiger partial charge on any atom is -0.369 e. The Hall–Kier alpha value is -1.64. The number of hydrogen-bond donors (Lipinski definition) is 0. The quantitative estimate of drug-likeness (QED) is 0.824. The standard InChI is InChI=1S/C19H22O2/c1-13-10-11-16-17(12-13)19(3,21-5)15-9-7-6-8-14(15)18(16,2)20-4/h6-12H,1-5H3. The van der Waals surface area contributed by atoms with Gasteiger partial charge in [0.25, 0.3) is 0 Å². The van der Waals surface area contributed by atoms with E-state index in [2.05, 4.69) is 63.2 Å². The van der Waals surface area contributed by atoms with Crippen LogP contribution < -0.4 is 0 Å². The van der Waals surface area contributed by atoms with Crippen LogP contribution in [-0.4, -0.2) is 14.2 Å². The van der Waals surface area contributed by atoms with Crippen LogP contribution in [0.5, 0.6) is 0 Å². The molecule has 2 aromatic rings. The molecule has 0 heterocycles. The first-order valence-electron chi connectivity index (χ1n) is 7.29. The third-order valence-electron chi connectivity index (χ3n) is 4.97. The summed E-state index contributed by atoms with van der Waals surface area (Å²) >= 11 is 0. The van der Waals surface area contributed by atoms with Crippen molar-refractivity contribution in [3.63, 3.8) is 0 Å². The largest absolute Gasteiger partial charge is 0.369 e. The van der Waals surface area contributed by atoms with Crippen LogP contribution in [0, 0.1) is 6.92 Å². The van der Waals surface area contributed by atoms with Crippen molar-refractivity contribution in [3.8, 4) is 0 Å². The highest BCUT2D eigenvalue weighted by Gasteiger charge is 2.46. The number of aryl methyl sites for hydroxylation is 1. The SMILES string of the molecule is COC1(C)c2ccccc2C(C)(OC)c2cc(C)ccc21. The molecule has 0 amide bonds. The number of methoxy groups -OCH3 is 2. The summed E-state index contributed by atoms with van der Waals surface area (Å²) in [5.41, 5.74) is 5.05. The molecule has 2 heteroatoms. The second-order valence-corrected chi connectivity index (χ2v) is 6.07. The molecule has 3 rings (SSSR count). The Balaban J connectivity index is 2.42. The van der Waals surface area contributed by atoms with Crippen LogP contribution in [0.1, 0.15) is 41.7 Å². The molecule has 2 aromatic carbocycles. The highest BCUT2D eigenvalue weighted by molar-refractivity contribution is 5.57. The van der Waals surface area contributed by atoms with Gasteiger partial charge in [0.05, 0.1) is 0 Å². The Morgan fingerprint density at radius 2 is 1.19 bits per heavy atom. The van der Waals surface area contributed by atoms with Gasteiger partial charge in [-0.25, -0.2) is 0 Å². The maximum atomic E-state index is 5.97. The van der Waals surface area contributed by atoms with Crippen molar-refractivity contribution < 1.29 is 9.47 Å². The van der Waals surface area contributed by atoms with Gasteiger partial charge in [-0.3, -0.25) is 0 Å². The van der Waals surface area contributed by atoms with Gasteiger partial charge in [-0.15, -0.1) is 0 Å². The van der Waals surface area contributed by atoms with Crippen molar-refractivity contribution in [2.45, 2.75) is 32.0 Å². The van der Waals surface area contributed by atoms with E-state index in [1.165, 1.54) is 27.8 Å². The average Bonchev–Trinajstić information content (AvgIpc) is 2.52. The summed E-state index contributed by atoms with van der Waals surface area (Å²) in [4.78, 5) is 0. The van der Waals surface area contributed by atoms with Crippen molar-refractivity contribution in [2.75, 3.05) is 14.2 Å². The van der Waals surface area contributed by atoms with E-state index < -0.39 is 11.2 Å². The molecule has 2 unspecified atom stereocenters. The molecule has 0 N–H and O–H groups in total. The third kappa shape index (κ3) is 1.79. The molecule has 1 aliphatic carbocycles. The molecule has 110 valence electrons. The highest BCUT2D eigenvalue weighted by atomic mass is 16.5. The van der Waals surface area contributed by atoms with Gasteiger partial charge in [-0.1, -0.05) is 48.0 Å². The zero-order valence-corrected chi connectivity index (χ0v) is 13.4. The van der Waals surface area contributed by atoms with E-state index in [4.69, 9.17) is 9.47 Å².